The summed E-state index contributed by atoms with van der Waals surface area (Å²) in [5, 5.41) is 7.00. The fraction of sp³-hybridized carbons (Fsp3) is 0.500. The molecule has 0 aromatic rings. The molecule has 0 spiro atoms. The van der Waals surface area contributed by atoms with Gasteiger partial charge in [-0.15, -0.1) is 0 Å². The molecule has 0 fully saturated rings. The van der Waals surface area contributed by atoms with Crippen LogP contribution >= 0.6 is 0 Å². The first kappa shape index (κ1) is 370. The zero-order valence-electron chi connectivity index (χ0n) is 6.39. The van der Waals surface area contributed by atoms with E-state index >= 15 is 0 Å². The maximum atomic E-state index is 7.00. The molecule has 0 radical (unpaired) electrons. The van der Waals surface area contributed by atoms with Crippen LogP contribution in [0.25, 0.3) is 0 Å². The predicted octanol–water partition coefficient (Wildman–Crippen LogP) is -4.55. The van der Waals surface area contributed by atoms with Crippen LogP contribution in [0, 0.1) is 7.43 Å². The van der Waals surface area contributed by atoms with Gasteiger partial charge in [0, 0.05) is 7.11 Å². The summed E-state index contributed by atoms with van der Waals surface area (Å²) in [7, 11) is 1.00. The summed E-state index contributed by atoms with van der Waals surface area (Å²) >= 11 is 0. The molecule has 10 heteroatoms. The van der Waals surface area contributed by atoms with E-state index in [2.05, 4.69) is 0 Å². The first-order valence-electron chi connectivity index (χ1n) is 0.447. The van der Waals surface area contributed by atoms with Crippen LogP contribution < -0.4 is 29.6 Å². The third-order valence-corrected chi connectivity index (χ3v) is 0. The van der Waals surface area contributed by atoms with E-state index in [1.807, 2.05) is 0 Å². The third-order valence-electron chi connectivity index (χ3n) is 0. The normalized spacial score (nSPS) is 0.500. The second-order valence-corrected chi connectivity index (χ2v) is 0. The molecule has 0 heterocycles. The van der Waals surface area contributed by atoms with E-state index in [1.54, 1.807) is 0 Å². The molecule has 78 valence electrons. The van der Waals surface area contributed by atoms with Crippen LogP contribution in [0.4, 0.5) is 0 Å². The molecule has 0 aromatic heterocycles. The Labute approximate surface area is 107 Å². The van der Waals surface area contributed by atoms with Gasteiger partial charge in [-0.3, -0.25) is 0 Å². The topological polar surface area (TPSA) is 230 Å². The summed E-state index contributed by atoms with van der Waals surface area (Å²) in [5.41, 5.74) is 0. The molecular weight excluding hydrogens is 281 g/mol. The quantitative estimate of drug-likeness (QED) is 0.426. The summed E-state index contributed by atoms with van der Waals surface area (Å²) in [6, 6.07) is 0. The second-order valence-electron chi connectivity index (χ2n) is 0. The molecule has 0 aliphatic heterocycles. The summed E-state index contributed by atoms with van der Waals surface area (Å²) in [5.74, 6) is 0. The predicted molar refractivity (Wildman–Crippen MR) is 24.9 cm³/mol. The van der Waals surface area contributed by atoms with Crippen molar-refractivity contribution in [3.63, 3.8) is 0 Å². The minimum absolute atomic E-state index is 0. The van der Waals surface area contributed by atoms with Crippen LogP contribution in [0.1, 0.15) is 0 Å². The molecule has 0 amide bonds. The molecule has 0 bridgehead atoms. The van der Waals surface area contributed by atoms with Gasteiger partial charge in [0.15, 0.2) is 0 Å². The van der Waals surface area contributed by atoms with Crippen molar-refractivity contribution in [1.82, 2.24) is 0 Å². The molecule has 0 aliphatic rings. The Kier molecular flexibility index (Phi) is 27200. The zero-order valence-corrected chi connectivity index (χ0v) is 9.95. The molecule has 8 N–H and O–H groups in total. The van der Waals surface area contributed by atoms with E-state index in [0.717, 1.165) is 7.11 Å². The van der Waals surface area contributed by atoms with E-state index < -0.39 is 0 Å². The van der Waals surface area contributed by atoms with Crippen molar-refractivity contribution in [3.8, 4) is 0 Å². The van der Waals surface area contributed by atoms with E-state index in [4.69, 9.17) is 5.11 Å². The molecule has 12 heavy (non-hydrogen) atoms. The number of hydrogen-bond acceptors (Lipinski definition) is 8. The van der Waals surface area contributed by atoms with Gasteiger partial charge in [-0.2, -0.15) is 0 Å². The standard InChI is InChI=1S/CH4O.C.Na.7H2O.Pd/c1-2;;;;;;;;;;/h2H,1H3;;;7*1H2;/q;+4;+1;;;;;;;;+2/p-7. The van der Waals surface area contributed by atoms with Gasteiger partial charge in [-0.1, -0.05) is 0 Å². The van der Waals surface area contributed by atoms with Crippen LogP contribution in [0.3, 0.4) is 0 Å². The van der Waals surface area contributed by atoms with Gasteiger partial charge >= 0.3 is 57.4 Å². The van der Waals surface area contributed by atoms with Gasteiger partial charge in [0.2, 0.25) is 0 Å². The molecule has 0 aliphatic carbocycles. The van der Waals surface area contributed by atoms with Crippen molar-refractivity contribution in [2.24, 2.45) is 0 Å². The average Bonchev–Trinajstić information content (AvgIpc) is 1.00. The molecule has 0 atom stereocenters. The molecular formula is C2H11NaO8Pd. The van der Waals surface area contributed by atoms with Gasteiger partial charge < -0.3 is 43.4 Å². The monoisotopic (exact) mass is 292 g/mol. The van der Waals surface area contributed by atoms with Gasteiger partial charge in [-0.05, 0) is 0 Å². The summed E-state index contributed by atoms with van der Waals surface area (Å²) in [6.07, 6.45) is 0. The van der Waals surface area contributed by atoms with Crippen LogP contribution in [0.15, 0.2) is 0 Å². The van der Waals surface area contributed by atoms with Crippen molar-refractivity contribution in [3.05, 3.63) is 7.43 Å². The van der Waals surface area contributed by atoms with E-state index in [0.29, 0.717) is 0 Å². The Hall–Kier alpha value is 1.34. The zero-order chi connectivity index (χ0) is 2.00. The van der Waals surface area contributed by atoms with Crippen molar-refractivity contribution >= 4 is 0 Å². The molecule has 0 unspecified atom stereocenters. The maximum Gasteiger partial charge on any atom is 4.00 e. The van der Waals surface area contributed by atoms with Gasteiger partial charge in [-0.25, -0.2) is 0 Å². The summed E-state index contributed by atoms with van der Waals surface area (Å²) in [4.78, 5) is 0. The van der Waals surface area contributed by atoms with Crippen molar-refractivity contribution in [1.29, 1.82) is 0 Å². The Balaban J connectivity index is -0.000000000111. The van der Waals surface area contributed by atoms with Crippen LogP contribution in [-0.4, -0.2) is 50.5 Å². The third kappa shape index (κ3) is 673. The number of hydrogen-bond donors (Lipinski definition) is 1. The second kappa shape index (κ2) is 881. The fourth-order valence-electron chi connectivity index (χ4n) is 0. The number of aliphatic hydroxyl groups excluding tert-OH is 1. The van der Waals surface area contributed by atoms with Crippen molar-refractivity contribution in [2.45, 2.75) is 0 Å². The van der Waals surface area contributed by atoms with Gasteiger partial charge in [0.25, 0.3) is 0 Å². The van der Waals surface area contributed by atoms with Crippen LogP contribution in [0.5, 0.6) is 0 Å². The first-order valence-corrected chi connectivity index (χ1v) is 0.447. The molecule has 0 rings (SSSR count). The molecule has 0 saturated carbocycles. The van der Waals surface area contributed by atoms with Gasteiger partial charge in [0.05, 0.1) is 0 Å². The summed E-state index contributed by atoms with van der Waals surface area (Å²) < 4.78 is 0. The van der Waals surface area contributed by atoms with Gasteiger partial charge in [0.1, 0.15) is 0 Å². The molecule has 0 saturated heterocycles. The molecule has 0 aromatic carbocycles. The largest absolute Gasteiger partial charge is 4.00 e. The Morgan fingerprint density at radius 1 is 0.583 bits per heavy atom. The van der Waals surface area contributed by atoms with Crippen molar-refractivity contribution in [2.75, 3.05) is 7.11 Å². The number of rotatable bonds is 0. The number of aliphatic hydroxyl groups is 1. The van der Waals surface area contributed by atoms with E-state index in [9.17, 15) is 0 Å². The van der Waals surface area contributed by atoms with E-state index in [-0.39, 0.29) is 95.7 Å². The SMILES string of the molecule is CO.[C+4].[Na+].[OH-].[OH-].[OH-].[OH-].[OH-].[OH-].[OH-].[Pd+2]. The average molecular weight is 293 g/mol. The Morgan fingerprint density at radius 3 is 0.583 bits per heavy atom. The Morgan fingerprint density at radius 2 is 0.583 bits per heavy atom. The van der Waals surface area contributed by atoms with Crippen molar-refractivity contribution < 1.29 is 93.4 Å². The fourth-order valence-corrected chi connectivity index (χ4v) is 0. The minimum atomic E-state index is 0. The Bertz CT molecular complexity index is 17.0. The van der Waals surface area contributed by atoms with Crippen LogP contribution in [-0.2, 0) is 20.4 Å². The smallest absolute Gasteiger partial charge is 0.870 e. The first-order chi connectivity index (χ1) is 1.00. The van der Waals surface area contributed by atoms with E-state index in [1.165, 1.54) is 0 Å². The summed E-state index contributed by atoms with van der Waals surface area (Å²) in [6.45, 7) is 0. The molecule has 8 nitrogen and oxygen atoms in total. The minimum Gasteiger partial charge on any atom is -0.870 e. The maximum absolute atomic E-state index is 7.00. The van der Waals surface area contributed by atoms with Crippen LogP contribution in [0.2, 0.25) is 0 Å².